The maximum absolute atomic E-state index is 6.02. The van der Waals surface area contributed by atoms with Gasteiger partial charge in [0.2, 0.25) is 0 Å². The average molecular weight is 188 g/mol. The van der Waals surface area contributed by atoms with Crippen molar-refractivity contribution in [2.45, 2.75) is 26.3 Å². The predicted molar refractivity (Wildman–Crippen MR) is 56.8 cm³/mol. The maximum atomic E-state index is 6.02. The highest BCUT2D eigenvalue weighted by Gasteiger charge is 2.12. The lowest BCUT2D eigenvalue weighted by Gasteiger charge is -2.24. The molecule has 2 atom stereocenters. The van der Waals surface area contributed by atoms with Crippen molar-refractivity contribution in [3.8, 4) is 0 Å². The summed E-state index contributed by atoms with van der Waals surface area (Å²) in [5.74, 6) is 0.602. The zero-order chi connectivity index (χ0) is 10.3. The van der Waals surface area contributed by atoms with E-state index in [2.05, 4.69) is 25.8 Å². The Balaban J connectivity index is 3.57. The molecule has 0 aliphatic rings. The highest BCUT2D eigenvalue weighted by molar-refractivity contribution is 4.71. The molecule has 2 N–H and O–H groups in total. The average Bonchev–Trinajstić information content (AvgIpc) is 2.13. The summed E-state index contributed by atoms with van der Waals surface area (Å²) in [4.78, 5) is 2.22. The van der Waals surface area contributed by atoms with E-state index in [1.807, 2.05) is 0 Å². The quantitative estimate of drug-likeness (QED) is 0.646. The first-order valence-electron chi connectivity index (χ1n) is 5.04. The molecule has 0 aliphatic carbocycles. The number of ether oxygens (including phenoxy) is 1. The molecule has 13 heavy (non-hydrogen) atoms. The molecule has 0 saturated heterocycles. The summed E-state index contributed by atoms with van der Waals surface area (Å²) in [6.45, 7) is 7.08. The first-order valence-corrected chi connectivity index (χ1v) is 5.04. The standard InChI is InChI=1S/C10H24N2O/c1-5-9(2)10(11)8-12(3)6-7-13-4/h9-10H,5-8,11H2,1-4H3. The molecule has 3 nitrogen and oxygen atoms in total. The van der Waals surface area contributed by atoms with Crippen molar-refractivity contribution in [1.29, 1.82) is 0 Å². The third-order valence-electron chi connectivity index (χ3n) is 2.57. The zero-order valence-corrected chi connectivity index (χ0v) is 9.42. The van der Waals surface area contributed by atoms with Gasteiger partial charge in [0.1, 0.15) is 0 Å². The van der Waals surface area contributed by atoms with Gasteiger partial charge in [0.25, 0.3) is 0 Å². The van der Waals surface area contributed by atoms with E-state index in [9.17, 15) is 0 Å². The van der Waals surface area contributed by atoms with Crippen molar-refractivity contribution >= 4 is 0 Å². The Morgan fingerprint density at radius 1 is 1.46 bits per heavy atom. The van der Waals surface area contributed by atoms with E-state index in [4.69, 9.17) is 10.5 Å². The summed E-state index contributed by atoms with van der Waals surface area (Å²) in [5.41, 5.74) is 6.02. The lowest BCUT2D eigenvalue weighted by atomic mass is 10.00. The third-order valence-corrected chi connectivity index (χ3v) is 2.57. The molecule has 2 unspecified atom stereocenters. The van der Waals surface area contributed by atoms with E-state index >= 15 is 0 Å². The van der Waals surface area contributed by atoms with Gasteiger partial charge in [-0.1, -0.05) is 20.3 Å². The van der Waals surface area contributed by atoms with Crippen LogP contribution in [0.2, 0.25) is 0 Å². The summed E-state index contributed by atoms with van der Waals surface area (Å²) in [6, 6.07) is 0.284. The minimum atomic E-state index is 0.284. The fourth-order valence-corrected chi connectivity index (χ4v) is 1.18. The Morgan fingerprint density at radius 2 is 2.08 bits per heavy atom. The molecule has 0 amide bonds. The summed E-state index contributed by atoms with van der Waals surface area (Å²) in [6.07, 6.45) is 1.15. The number of nitrogens with zero attached hydrogens (tertiary/aromatic N) is 1. The van der Waals surface area contributed by atoms with Gasteiger partial charge in [-0.15, -0.1) is 0 Å². The lowest BCUT2D eigenvalue weighted by Crippen LogP contribution is -2.40. The summed E-state index contributed by atoms with van der Waals surface area (Å²) < 4.78 is 5.00. The van der Waals surface area contributed by atoms with Gasteiger partial charge in [-0.2, -0.15) is 0 Å². The first-order chi connectivity index (χ1) is 6.11. The predicted octanol–water partition coefficient (Wildman–Crippen LogP) is 0.938. The number of nitrogens with two attached hydrogens (primary N) is 1. The largest absolute Gasteiger partial charge is 0.383 e. The van der Waals surface area contributed by atoms with Gasteiger partial charge in [-0.05, 0) is 13.0 Å². The van der Waals surface area contributed by atoms with Crippen molar-refractivity contribution in [2.24, 2.45) is 11.7 Å². The smallest absolute Gasteiger partial charge is 0.0589 e. The molecule has 0 spiro atoms. The van der Waals surface area contributed by atoms with E-state index in [1.165, 1.54) is 0 Å². The second-order valence-corrected chi connectivity index (χ2v) is 3.80. The summed E-state index contributed by atoms with van der Waals surface area (Å²) >= 11 is 0. The SMILES string of the molecule is CCC(C)C(N)CN(C)CCOC. The third kappa shape index (κ3) is 6.02. The maximum Gasteiger partial charge on any atom is 0.0589 e. The molecule has 0 aliphatic heterocycles. The molecule has 0 saturated carbocycles. The monoisotopic (exact) mass is 188 g/mol. The number of likely N-dealkylation sites (N-methyl/N-ethyl adjacent to an activating group) is 1. The molecule has 0 aromatic carbocycles. The van der Waals surface area contributed by atoms with Gasteiger partial charge < -0.3 is 15.4 Å². The van der Waals surface area contributed by atoms with Crippen molar-refractivity contribution in [1.82, 2.24) is 4.90 Å². The van der Waals surface area contributed by atoms with Gasteiger partial charge in [-0.3, -0.25) is 0 Å². The summed E-state index contributed by atoms with van der Waals surface area (Å²) in [7, 11) is 3.81. The van der Waals surface area contributed by atoms with Crippen molar-refractivity contribution in [3.05, 3.63) is 0 Å². The topological polar surface area (TPSA) is 38.5 Å². The second-order valence-electron chi connectivity index (χ2n) is 3.80. The highest BCUT2D eigenvalue weighted by atomic mass is 16.5. The fraction of sp³-hybridized carbons (Fsp3) is 1.00. The normalized spacial score (nSPS) is 16.2. The molecule has 0 radical (unpaired) electrons. The molecular weight excluding hydrogens is 164 g/mol. The van der Waals surface area contributed by atoms with Crippen LogP contribution in [-0.4, -0.2) is 44.8 Å². The molecule has 0 bridgehead atoms. The van der Waals surface area contributed by atoms with Crippen LogP contribution in [-0.2, 0) is 4.74 Å². The number of methoxy groups -OCH3 is 1. The van der Waals surface area contributed by atoms with Crippen molar-refractivity contribution in [2.75, 3.05) is 33.9 Å². The van der Waals surface area contributed by atoms with Gasteiger partial charge >= 0.3 is 0 Å². The van der Waals surface area contributed by atoms with Crippen LogP contribution < -0.4 is 5.73 Å². The lowest BCUT2D eigenvalue weighted by molar-refractivity contribution is 0.154. The Kier molecular flexibility index (Phi) is 7.23. The van der Waals surface area contributed by atoms with Gasteiger partial charge in [0, 0.05) is 26.2 Å². The molecule has 3 heteroatoms. The number of rotatable bonds is 7. The Bertz CT molecular complexity index is 119. The minimum Gasteiger partial charge on any atom is -0.383 e. The van der Waals surface area contributed by atoms with Gasteiger partial charge in [-0.25, -0.2) is 0 Å². The van der Waals surface area contributed by atoms with E-state index in [0.717, 1.165) is 26.1 Å². The summed E-state index contributed by atoms with van der Waals surface area (Å²) in [5, 5.41) is 0. The molecule has 0 aromatic heterocycles. The van der Waals surface area contributed by atoms with Crippen LogP contribution in [0.5, 0.6) is 0 Å². The van der Waals surface area contributed by atoms with E-state index in [1.54, 1.807) is 7.11 Å². The van der Waals surface area contributed by atoms with Crippen LogP contribution in [0.25, 0.3) is 0 Å². The van der Waals surface area contributed by atoms with Gasteiger partial charge in [0.05, 0.1) is 6.61 Å². The van der Waals surface area contributed by atoms with E-state index in [0.29, 0.717) is 5.92 Å². The van der Waals surface area contributed by atoms with Crippen LogP contribution in [0, 0.1) is 5.92 Å². The van der Waals surface area contributed by atoms with Crippen LogP contribution in [0.15, 0.2) is 0 Å². The minimum absolute atomic E-state index is 0.284. The van der Waals surface area contributed by atoms with Crippen LogP contribution in [0.3, 0.4) is 0 Å². The van der Waals surface area contributed by atoms with Crippen LogP contribution in [0.4, 0.5) is 0 Å². The Morgan fingerprint density at radius 3 is 2.54 bits per heavy atom. The second kappa shape index (κ2) is 7.30. The zero-order valence-electron chi connectivity index (χ0n) is 9.42. The van der Waals surface area contributed by atoms with Crippen LogP contribution in [0.1, 0.15) is 20.3 Å². The Labute approximate surface area is 82.2 Å². The molecule has 0 fully saturated rings. The van der Waals surface area contributed by atoms with Crippen molar-refractivity contribution < 1.29 is 4.74 Å². The number of hydrogen-bond acceptors (Lipinski definition) is 3. The molecule has 0 aromatic rings. The first kappa shape index (κ1) is 12.9. The van der Waals surface area contributed by atoms with Crippen LogP contribution >= 0.6 is 0 Å². The molecular formula is C10H24N2O. The molecule has 80 valence electrons. The molecule has 0 rings (SSSR count). The van der Waals surface area contributed by atoms with Gasteiger partial charge in [0.15, 0.2) is 0 Å². The fourth-order valence-electron chi connectivity index (χ4n) is 1.18. The number of hydrogen-bond donors (Lipinski definition) is 1. The van der Waals surface area contributed by atoms with Crippen molar-refractivity contribution in [3.63, 3.8) is 0 Å². The van der Waals surface area contributed by atoms with E-state index in [-0.39, 0.29) is 6.04 Å². The van der Waals surface area contributed by atoms with E-state index < -0.39 is 0 Å². The Hall–Kier alpha value is -0.120. The molecule has 0 heterocycles. The highest BCUT2D eigenvalue weighted by Crippen LogP contribution is 2.05.